The Morgan fingerprint density at radius 1 is 1.06 bits per heavy atom. The van der Waals surface area contributed by atoms with E-state index in [-0.39, 0.29) is 11.9 Å². The predicted octanol–water partition coefficient (Wildman–Crippen LogP) is 2.72. The van der Waals surface area contributed by atoms with Gasteiger partial charge in [0.25, 0.3) is 5.91 Å². The number of carbonyl (C=O) groups is 2. The molecule has 10 heteroatoms. The second-order valence-corrected chi connectivity index (χ2v) is 10.8. The number of guanidine groups is 1. The quantitative estimate of drug-likeness (QED) is 0.439. The molecule has 1 aromatic heterocycles. The number of hydrogen-bond acceptors (Lipinski definition) is 8. The number of aliphatic imine (C=N–C) groups is 1. The molecule has 2 unspecified atom stereocenters. The Morgan fingerprint density at radius 2 is 1.81 bits per heavy atom. The summed E-state index contributed by atoms with van der Waals surface area (Å²) in [6, 6.07) is 11.7. The molecule has 4 heterocycles. The second kappa shape index (κ2) is 10.5. The minimum Gasteiger partial charge on any atom is -0.343 e. The summed E-state index contributed by atoms with van der Waals surface area (Å²) in [5.74, 6) is 1.98. The highest BCUT2D eigenvalue weighted by Gasteiger charge is 2.52. The minimum absolute atomic E-state index is 0.197. The first-order valence-corrected chi connectivity index (χ1v) is 13.5. The van der Waals surface area contributed by atoms with Crippen LogP contribution in [0.3, 0.4) is 0 Å². The molecule has 0 radical (unpaired) electrons. The Kier molecular flexibility index (Phi) is 7.13. The fraction of sp³-hybridized carbons (Fsp3) is 0.500. The molecule has 3 aliphatic rings. The molecule has 2 saturated heterocycles. The van der Waals surface area contributed by atoms with E-state index in [0.29, 0.717) is 18.2 Å². The highest BCUT2D eigenvalue weighted by molar-refractivity contribution is 7.99. The largest absolute Gasteiger partial charge is 0.343 e. The number of imide groups is 1. The van der Waals surface area contributed by atoms with E-state index in [1.54, 1.807) is 37.0 Å². The van der Waals surface area contributed by atoms with Crippen LogP contribution in [-0.4, -0.2) is 99.2 Å². The molecule has 9 nitrogen and oxygen atoms in total. The smallest absolute Gasteiger partial charge is 0.328 e. The van der Waals surface area contributed by atoms with E-state index in [1.807, 2.05) is 13.0 Å². The third-order valence-electron chi connectivity index (χ3n) is 7.29. The first kappa shape index (κ1) is 24.5. The van der Waals surface area contributed by atoms with Gasteiger partial charge in [-0.05, 0) is 43.7 Å². The summed E-state index contributed by atoms with van der Waals surface area (Å²) in [6.45, 7) is 4.35. The number of rotatable bonds is 6. The lowest BCUT2D eigenvalue weighted by atomic mass is 9.90. The van der Waals surface area contributed by atoms with Gasteiger partial charge in [-0.1, -0.05) is 42.1 Å². The summed E-state index contributed by atoms with van der Waals surface area (Å²) in [6.07, 6.45) is 4.50. The van der Waals surface area contributed by atoms with E-state index < -0.39 is 12.2 Å². The fourth-order valence-electron chi connectivity index (χ4n) is 5.27. The number of urea groups is 1. The van der Waals surface area contributed by atoms with E-state index in [1.165, 1.54) is 10.5 Å². The molecule has 0 aliphatic carbocycles. The number of aromatic nitrogens is 2. The van der Waals surface area contributed by atoms with E-state index in [2.05, 4.69) is 50.1 Å². The van der Waals surface area contributed by atoms with Crippen LogP contribution in [0.4, 0.5) is 4.79 Å². The van der Waals surface area contributed by atoms with Gasteiger partial charge in [0.1, 0.15) is 0 Å². The van der Waals surface area contributed by atoms with Gasteiger partial charge in [-0.15, -0.1) is 0 Å². The molecule has 0 bridgehead atoms. The van der Waals surface area contributed by atoms with Crippen molar-refractivity contribution in [1.82, 2.24) is 29.6 Å². The van der Waals surface area contributed by atoms with Crippen LogP contribution in [-0.2, 0) is 11.2 Å². The predicted molar refractivity (Wildman–Crippen MR) is 140 cm³/mol. The molecule has 2 aromatic rings. The maximum absolute atomic E-state index is 13.2. The normalized spacial score (nSPS) is 22.8. The summed E-state index contributed by atoms with van der Waals surface area (Å²) in [7, 11) is 3.28. The van der Waals surface area contributed by atoms with Crippen molar-refractivity contribution < 1.29 is 9.59 Å². The molecule has 3 aliphatic heterocycles. The average molecular weight is 508 g/mol. The van der Waals surface area contributed by atoms with Crippen molar-refractivity contribution in [3.05, 3.63) is 53.9 Å². The molecular weight excluding hydrogens is 474 g/mol. The van der Waals surface area contributed by atoms with Gasteiger partial charge in [-0.2, -0.15) is 0 Å². The van der Waals surface area contributed by atoms with Crippen molar-refractivity contribution in [3.63, 3.8) is 0 Å². The van der Waals surface area contributed by atoms with E-state index in [9.17, 15) is 9.59 Å². The molecule has 2 atom stereocenters. The van der Waals surface area contributed by atoms with Crippen LogP contribution >= 0.6 is 11.8 Å². The van der Waals surface area contributed by atoms with Crippen LogP contribution in [0.15, 0.2) is 52.7 Å². The van der Waals surface area contributed by atoms with Gasteiger partial charge in [-0.25, -0.2) is 19.8 Å². The highest BCUT2D eigenvalue weighted by atomic mass is 32.2. The number of aryl methyl sites for hydroxylation is 1. The van der Waals surface area contributed by atoms with Crippen LogP contribution < -0.4 is 0 Å². The Balaban J connectivity index is 1.30. The topological polar surface area (TPSA) is 85.2 Å². The number of amides is 3. The number of hydrogen-bond donors (Lipinski definition) is 0. The van der Waals surface area contributed by atoms with Crippen molar-refractivity contribution in [2.45, 2.75) is 43.6 Å². The fourth-order valence-corrected chi connectivity index (χ4v) is 6.08. The zero-order chi connectivity index (χ0) is 25.2. The van der Waals surface area contributed by atoms with Gasteiger partial charge in [-0.3, -0.25) is 9.69 Å². The number of likely N-dealkylation sites (tertiary alicyclic amines) is 1. The Morgan fingerprint density at radius 3 is 2.53 bits per heavy atom. The third-order valence-corrected chi connectivity index (χ3v) is 8.13. The first-order valence-electron chi connectivity index (χ1n) is 12.5. The van der Waals surface area contributed by atoms with Crippen LogP contribution in [0.5, 0.6) is 0 Å². The molecule has 2 fully saturated rings. The molecule has 0 N–H and O–H groups in total. The summed E-state index contributed by atoms with van der Waals surface area (Å²) in [4.78, 5) is 46.9. The maximum atomic E-state index is 13.2. The molecule has 190 valence electrons. The van der Waals surface area contributed by atoms with Gasteiger partial charge < -0.3 is 14.7 Å². The number of likely N-dealkylation sites (N-methyl/N-ethyl adjacent to an activating group) is 2. The van der Waals surface area contributed by atoms with Crippen molar-refractivity contribution in [3.8, 4) is 0 Å². The maximum Gasteiger partial charge on any atom is 0.328 e. The lowest BCUT2D eigenvalue weighted by molar-refractivity contribution is -0.136. The number of benzene rings is 1. The lowest BCUT2D eigenvalue weighted by Gasteiger charge is -2.41. The number of nitrogens with zero attached hydrogens (tertiary/aromatic N) is 7. The van der Waals surface area contributed by atoms with Crippen LogP contribution in [0.2, 0.25) is 0 Å². The van der Waals surface area contributed by atoms with E-state index in [0.717, 1.165) is 49.2 Å². The van der Waals surface area contributed by atoms with Gasteiger partial charge in [0.05, 0.1) is 0 Å². The van der Waals surface area contributed by atoms with Crippen LogP contribution in [0.1, 0.15) is 24.1 Å². The molecule has 1 aromatic carbocycles. The van der Waals surface area contributed by atoms with E-state index >= 15 is 0 Å². The van der Waals surface area contributed by atoms with Crippen LogP contribution in [0, 0.1) is 12.8 Å². The lowest BCUT2D eigenvalue weighted by Crippen LogP contribution is -2.64. The zero-order valence-electron chi connectivity index (χ0n) is 21.1. The highest BCUT2D eigenvalue weighted by Crippen LogP contribution is 2.31. The SMILES string of the molecule is Cc1ccnc(SCCN2C(N3CCC(Cc4ccccc4)CC3)=NC3C2C(=O)N(C)C(=O)N3C)n1. The van der Waals surface area contributed by atoms with E-state index in [4.69, 9.17) is 4.99 Å². The van der Waals surface area contributed by atoms with Crippen LogP contribution in [0.25, 0.3) is 0 Å². The second-order valence-electron chi connectivity index (χ2n) is 9.72. The third kappa shape index (κ3) is 4.91. The summed E-state index contributed by atoms with van der Waals surface area (Å²) >= 11 is 1.57. The number of thioether (sulfide) groups is 1. The molecule has 5 rings (SSSR count). The monoisotopic (exact) mass is 507 g/mol. The first-order chi connectivity index (χ1) is 17.4. The average Bonchev–Trinajstić information content (AvgIpc) is 3.27. The molecule has 0 saturated carbocycles. The van der Waals surface area contributed by atoms with Gasteiger partial charge in [0, 0.05) is 51.4 Å². The number of piperidine rings is 1. The van der Waals surface area contributed by atoms with Crippen molar-refractivity contribution in [2.75, 3.05) is 39.5 Å². The molecule has 3 amide bonds. The molecular formula is C26H33N7O2S. The molecule has 36 heavy (non-hydrogen) atoms. The summed E-state index contributed by atoms with van der Waals surface area (Å²) in [5, 5.41) is 0.727. The van der Waals surface area contributed by atoms with Crippen molar-refractivity contribution in [1.29, 1.82) is 0 Å². The summed E-state index contributed by atoms with van der Waals surface area (Å²) < 4.78 is 0. The van der Waals surface area contributed by atoms with Gasteiger partial charge in [0.2, 0.25) is 0 Å². The van der Waals surface area contributed by atoms with Crippen molar-refractivity contribution >= 4 is 29.7 Å². The Bertz CT molecular complexity index is 1140. The number of carbonyl (C=O) groups excluding carboxylic acids is 2. The summed E-state index contributed by atoms with van der Waals surface area (Å²) in [5.41, 5.74) is 2.31. The Hall–Kier alpha value is -3.14. The van der Waals surface area contributed by atoms with Gasteiger partial charge >= 0.3 is 6.03 Å². The van der Waals surface area contributed by atoms with Crippen molar-refractivity contribution in [2.24, 2.45) is 10.9 Å². The number of fused-ring (bicyclic) bond motifs is 1. The van der Waals surface area contributed by atoms with Gasteiger partial charge in [0.15, 0.2) is 23.3 Å². The Labute approximate surface area is 216 Å². The zero-order valence-corrected chi connectivity index (χ0v) is 21.9. The standard InChI is InChI=1S/C26H33N7O2S/c1-18-9-12-27-24(28-18)36-16-15-33-21-22(30(2)26(35)31(3)23(21)34)29-25(33)32-13-10-20(11-14-32)17-19-7-5-4-6-8-19/h4-9,12,20-22H,10-11,13-17H2,1-3H3. The minimum atomic E-state index is -0.506. The molecule has 0 spiro atoms.